The maximum absolute atomic E-state index is 9.47. The predicted octanol–water partition coefficient (Wildman–Crippen LogP) is 3.13. The molecule has 0 unspecified atom stereocenters. The summed E-state index contributed by atoms with van der Waals surface area (Å²) in [7, 11) is 0. The second kappa shape index (κ2) is 6.77. The molecule has 20 heavy (non-hydrogen) atoms. The summed E-state index contributed by atoms with van der Waals surface area (Å²) in [6.45, 7) is 2.59. The number of benzene rings is 1. The van der Waals surface area contributed by atoms with Crippen molar-refractivity contribution >= 4 is 11.6 Å². The quantitative estimate of drug-likeness (QED) is 0.860. The first-order valence-corrected chi connectivity index (χ1v) is 7.16. The Kier molecular flexibility index (Phi) is 5.04. The second-order valence-corrected chi connectivity index (χ2v) is 5.14. The maximum atomic E-state index is 9.47. The SMILES string of the molecule is CCCCc1nc(Cl)c(CO)n1Cc1ccc(O)cc1. The lowest BCUT2D eigenvalue weighted by atomic mass is 10.2. The summed E-state index contributed by atoms with van der Waals surface area (Å²) in [5.41, 5.74) is 1.68. The van der Waals surface area contributed by atoms with Gasteiger partial charge in [-0.3, -0.25) is 0 Å². The highest BCUT2D eigenvalue weighted by molar-refractivity contribution is 6.30. The van der Waals surface area contributed by atoms with Crippen LogP contribution in [0.15, 0.2) is 24.3 Å². The normalized spacial score (nSPS) is 10.9. The number of rotatable bonds is 6. The van der Waals surface area contributed by atoms with E-state index in [0.717, 1.165) is 30.7 Å². The summed E-state index contributed by atoms with van der Waals surface area (Å²) >= 11 is 6.09. The van der Waals surface area contributed by atoms with Gasteiger partial charge in [0.15, 0.2) is 5.15 Å². The average Bonchev–Trinajstić information content (AvgIpc) is 2.74. The van der Waals surface area contributed by atoms with E-state index >= 15 is 0 Å². The standard InChI is InChI=1S/C15H19ClN2O2/c1-2-3-4-14-17-15(16)13(10-19)18(14)9-11-5-7-12(20)8-6-11/h5-8,19-20H,2-4,9-10H2,1H3. The molecule has 0 saturated heterocycles. The number of nitrogens with zero attached hydrogens (tertiary/aromatic N) is 2. The molecular formula is C15H19ClN2O2. The second-order valence-electron chi connectivity index (χ2n) is 4.78. The third-order valence-electron chi connectivity index (χ3n) is 3.28. The number of aromatic nitrogens is 2. The van der Waals surface area contributed by atoms with E-state index in [-0.39, 0.29) is 12.4 Å². The van der Waals surface area contributed by atoms with E-state index < -0.39 is 0 Å². The van der Waals surface area contributed by atoms with Crippen LogP contribution in [0.4, 0.5) is 0 Å². The van der Waals surface area contributed by atoms with E-state index in [0.29, 0.717) is 17.4 Å². The number of aryl methyl sites for hydroxylation is 1. The fourth-order valence-corrected chi connectivity index (χ4v) is 2.41. The number of halogens is 1. The lowest BCUT2D eigenvalue weighted by Crippen LogP contribution is -2.09. The first-order valence-electron chi connectivity index (χ1n) is 6.78. The van der Waals surface area contributed by atoms with Gasteiger partial charge < -0.3 is 14.8 Å². The molecule has 1 heterocycles. The highest BCUT2D eigenvalue weighted by Crippen LogP contribution is 2.21. The molecule has 5 heteroatoms. The van der Waals surface area contributed by atoms with E-state index in [4.69, 9.17) is 11.6 Å². The van der Waals surface area contributed by atoms with E-state index in [1.54, 1.807) is 12.1 Å². The number of phenols is 1. The Bertz CT molecular complexity index is 564. The Labute approximate surface area is 123 Å². The molecule has 2 rings (SSSR count). The molecule has 4 nitrogen and oxygen atoms in total. The zero-order chi connectivity index (χ0) is 14.5. The Morgan fingerprint density at radius 2 is 1.95 bits per heavy atom. The molecule has 0 aliphatic heterocycles. The molecule has 2 N–H and O–H groups in total. The Morgan fingerprint density at radius 1 is 1.25 bits per heavy atom. The number of imidazole rings is 1. The van der Waals surface area contributed by atoms with Crippen molar-refractivity contribution in [3.05, 3.63) is 46.5 Å². The van der Waals surface area contributed by atoms with Crippen LogP contribution in [0.5, 0.6) is 5.75 Å². The van der Waals surface area contributed by atoms with Crippen LogP contribution >= 0.6 is 11.6 Å². The van der Waals surface area contributed by atoms with Crippen molar-refractivity contribution in [1.82, 2.24) is 9.55 Å². The third kappa shape index (κ3) is 3.32. The van der Waals surface area contributed by atoms with Gasteiger partial charge in [-0.25, -0.2) is 4.98 Å². The molecule has 0 spiro atoms. The number of hydrogen-bond donors (Lipinski definition) is 2. The number of aliphatic hydroxyl groups is 1. The van der Waals surface area contributed by atoms with Crippen molar-refractivity contribution in [3.63, 3.8) is 0 Å². The van der Waals surface area contributed by atoms with E-state index in [1.165, 1.54) is 0 Å². The molecule has 108 valence electrons. The summed E-state index contributed by atoms with van der Waals surface area (Å²) < 4.78 is 1.96. The number of phenolic OH excluding ortho intramolecular Hbond substituents is 1. The fraction of sp³-hybridized carbons (Fsp3) is 0.400. The molecular weight excluding hydrogens is 276 g/mol. The van der Waals surface area contributed by atoms with Crippen LogP contribution in [-0.4, -0.2) is 19.8 Å². The molecule has 0 aliphatic rings. The van der Waals surface area contributed by atoms with Crippen LogP contribution in [0.25, 0.3) is 0 Å². The molecule has 0 aliphatic carbocycles. The van der Waals surface area contributed by atoms with Crippen molar-refractivity contribution in [1.29, 1.82) is 0 Å². The number of aromatic hydroxyl groups is 1. The lowest BCUT2D eigenvalue weighted by Gasteiger charge is -2.11. The van der Waals surface area contributed by atoms with Crippen molar-refractivity contribution in [2.24, 2.45) is 0 Å². The van der Waals surface area contributed by atoms with Crippen molar-refractivity contribution in [2.45, 2.75) is 39.3 Å². The summed E-state index contributed by atoms with van der Waals surface area (Å²) in [4.78, 5) is 4.35. The summed E-state index contributed by atoms with van der Waals surface area (Å²) in [5, 5.41) is 19.2. The summed E-state index contributed by atoms with van der Waals surface area (Å²) in [5.74, 6) is 1.14. The molecule has 0 bridgehead atoms. The molecule has 0 saturated carbocycles. The zero-order valence-electron chi connectivity index (χ0n) is 11.5. The zero-order valence-corrected chi connectivity index (χ0v) is 12.3. The van der Waals surface area contributed by atoms with E-state index in [2.05, 4.69) is 11.9 Å². The third-order valence-corrected chi connectivity index (χ3v) is 3.59. The first-order chi connectivity index (χ1) is 9.65. The van der Waals surface area contributed by atoms with E-state index in [1.807, 2.05) is 16.7 Å². The average molecular weight is 295 g/mol. The van der Waals surface area contributed by atoms with Gasteiger partial charge >= 0.3 is 0 Å². The van der Waals surface area contributed by atoms with Gasteiger partial charge in [-0.1, -0.05) is 37.1 Å². The fourth-order valence-electron chi connectivity index (χ4n) is 2.15. The van der Waals surface area contributed by atoms with Gasteiger partial charge in [0.1, 0.15) is 11.6 Å². The van der Waals surface area contributed by atoms with Gasteiger partial charge in [-0.2, -0.15) is 0 Å². The number of aliphatic hydroxyl groups excluding tert-OH is 1. The summed E-state index contributed by atoms with van der Waals surface area (Å²) in [6, 6.07) is 7.01. The van der Waals surface area contributed by atoms with Crippen LogP contribution in [0.3, 0.4) is 0 Å². The Morgan fingerprint density at radius 3 is 2.55 bits per heavy atom. The highest BCUT2D eigenvalue weighted by atomic mass is 35.5. The monoisotopic (exact) mass is 294 g/mol. The molecule has 0 radical (unpaired) electrons. The molecule has 2 aromatic rings. The van der Waals surface area contributed by atoms with Gasteiger partial charge in [0.05, 0.1) is 12.3 Å². The maximum Gasteiger partial charge on any atom is 0.152 e. The first kappa shape index (κ1) is 14.9. The Balaban J connectivity index is 2.30. The highest BCUT2D eigenvalue weighted by Gasteiger charge is 2.15. The predicted molar refractivity (Wildman–Crippen MR) is 79.0 cm³/mol. The molecule has 0 amide bonds. The van der Waals surface area contributed by atoms with Gasteiger partial charge in [-0.05, 0) is 24.1 Å². The van der Waals surface area contributed by atoms with Crippen LogP contribution in [-0.2, 0) is 19.6 Å². The van der Waals surface area contributed by atoms with Gasteiger partial charge in [-0.15, -0.1) is 0 Å². The van der Waals surface area contributed by atoms with Gasteiger partial charge in [0.2, 0.25) is 0 Å². The molecule has 0 atom stereocenters. The lowest BCUT2D eigenvalue weighted by molar-refractivity contribution is 0.271. The molecule has 1 aromatic heterocycles. The minimum atomic E-state index is -0.129. The van der Waals surface area contributed by atoms with Crippen LogP contribution in [0.2, 0.25) is 5.15 Å². The topological polar surface area (TPSA) is 58.3 Å². The van der Waals surface area contributed by atoms with Crippen molar-refractivity contribution in [2.75, 3.05) is 0 Å². The largest absolute Gasteiger partial charge is 0.508 e. The minimum absolute atomic E-state index is 0.129. The molecule has 1 aromatic carbocycles. The minimum Gasteiger partial charge on any atom is -0.508 e. The van der Waals surface area contributed by atoms with Crippen LogP contribution in [0, 0.1) is 0 Å². The molecule has 0 fully saturated rings. The van der Waals surface area contributed by atoms with Crippen molar-refractivity contribution < 1.29 is 10.2 Å². The van der Waals surface area contributed by atoms with Crippen LogP contribution < -0.4 is 0 Å². The summed E-state index contributed by atoms with van der Waals surface area (Å²) in [6.07, 6.45) is 2.96. The smallest absolute Gasteiger partial charge is 0.152 e. The van der Waals surface area contributed by atoms with Crippen LogP contribution in [0.1, 0.15) is 36.8 Å². The van der Waals surface area contributed by atoms with Gasteiger partial charge in [0.25, 0.3) is 0 Å². The van der Waals surface area contributed by atoms with Gasteiger partial charge in [0, 0.05) is 13.0 Å². The number of hydrogen-bond acceptors (Lipinski definition) is 3. The Hall–Kier alpha value is -1.52. The number of unbranched alkanes of at least 4 members (excludes halogenated alkanes) is 1. The van der Waals surface area contributed by atoms with Crippen molar-refractivity contribution in [3.8, 4) is 5.75 Å². The van der Waals surface area contributed by atoms with E-state index in [9.17, 15) is 10.2 Å².